The van der Waals surface area contributed by atoms with Crippen molar-refractivity contribution >= 4 is 0 Å². The van der Waals surface area contributed by atoms with Crippen molar-refractivity contribution in [2.45, 2.75) is 26.5 Å². The van der Waals surface area contributed by atoms with Gasteiger partial charge >= 0.3 is 0 Å². The number of aliphatic hydroxyl groups excluding tert-OH is 1. The van der Waals surface area contributed by atoms with Gasteiger partial charge < -0.3 is 5.11 Å². The maximum atomic E-state index is 9.23. The molecule has 0 amide bonds. The van der Waals surface area contributed by atoms with Gasteiger partial charge in [-0.1, -0.05) is 0 Å². The third-order valence-corrected chi connectivity index (χ3v) is 2.29. The topological polar surface area (TPSA) is 63.8 Å². The number of aliphatic hydroxyl groups is 1. The molecule has 0 aliphatic heterocycles. The number of hydrogen-bond donors (Lipinski definition) is 1. The van der Waals surface area contributed by atoms with E-state index in [0.29, 0.717) is 0 Å². The van der Waals surface area contributed by atoms with Crippen LogP contribution >= 0.6 is 0 Å². The van der Waals surface area contributed by atoms with E-state index in [9.17, 15) is 5.11 Å². The van der Waals surface area contributed by atoms with Crippen molar-refractivity contribution in [1.82, 2.24) is 19.7 Å². The molecule has 16 heavy (non-hydrogen) atoms. The van der Waals surface area contributed by atoms with Gasteiger partial charge in [-0.25, -0.2) is 0 Å². The van der Waals surface area contributed by atoms with Crippen LogP contribution in [0.5, 0.6) is 0 Å². The quantitative estimate of drug-likeness (QED) is 0.846. The second kappa shape index (κ2) is 4.40. The Morgan fingerprint density at radius 3 is 2.62 bits per heavy atom. The minimum atomic E-state index is -0.0224. The van der Waals surface area contributed by atoms with Gasteiger partial charge in [0, 0.05) is 18.4 Å². The van der Waals surface area contributed by atoms with Gasteiger partial charge in [-0.05, 0) is 19.9 Å². The first-order valence-electron chi connectivity index (χ1n) is 5.18. The lowest BCUT2D eigenvalue weighted by Gasteiger charge is -2.08. The summed E-state index contributed by atoms with van der Waals surface area (Å²) in [6, 6.07) is 2.05. The van der Waals surface area contributed by atoms with Crippen LogP contribution in [0.1, 0.15) is 25.6 Å². The van der Waals surface area contributed by atoms with Crippen LogP contribution in [0.4, 0.5) is 0 Å². The minimum absolute atomic E-state index is 0.0224. The molecule has 0 aliphatic rings. The first kappa shape index (κ1) is 10.8. The molecule has 0 atom stereocenters. The van der Waals surface area contributed by atoms with Crippen molar-refractivity contribution in [2.24, 2.45) is 0 Å². The van der Waals surface area contributed by atoms with Crippen LogP contribution in [0.15, 0.2) is 24.7 Å². The monoisotopic (exact) mass is 218 g/mol. The highest BCUT2D eigenvalue weighted by atomic mass is 16.3. The molecule has 5 nitrogen and oxygen atoms in total. The predicted molar refractivity (Wildman–Crippen MR) is 59.6 cm³/mol. The van der Waals surface area contributed by atoms with Crippen molar-refractivity contribution in [3.8, 4) is 11.4 Å². The van der Waals surface area contributed by atoms with E-state index >= 15 is 0 Å². The summed E-state index contributed by atoms with van der Waals surface area (Å²) in [6.07, 6.45) is 4.91. The third kappa shape index (κ3) is 1.94. The molecular formula is C11H14N4O. The largest absolute Gasteiger partial charge is 0.390 e. The zero-order chi connectivity index (χ0) is 11.5. The zero-order valence-corrected chi connectivity index (χ0v) is 9.33. The molecule has 0 saturated carbocycles. The average Bonchev–Trinajstić information content (AvgIpc) is 2.74. The number of hydrogen-bond acceptors (Lipinski definition) is 4. The Morgan fingerprint density at radius 2 is 2.12 bits per heavy atom. The van der Waals surface area contributed by atoms with Crippen LogP contribution in [0.25, 0.3) is 11.4 Å². The van der Waals surface area contributed by atoms with E-state index in [1.807, 2.05) is 19.9 Å². The summed E-state index contributed by atoms with van der Waals surface area (Å²) in [4.78, 5) is 8.17. The first-order chi connectivity index (χ1) is 7.72. The fraction of sp³-hybridized carbons (Fsp3) is 0.364. The van der Waals surface area contributed by atoms with Gasteiger partial charge in [-0.3, -0.25) is 14.6 Å². The van der Waals surface area contributed by atoms with Gasteiger partial charge in [0.05, 0.1) is 18.5 Å². The molecule has 0 fully saturated rings. The Balaban J connectivity index is 2.44. The molecule has 0 radical (unpaired) electrons. The van der Waals surface area contributed by atoms with Crippen LogP contribution in [0.2, 0.25) is 0 Å². The second-order valence-corrected chi connectivity index (χ2v) is 3.81. The molecule has 2 rings (SSSR count). The molecule has 0 spiro atoms. The zero-order valence-electron chi connectivity index (χ0n) is 9.33. The van der Waals surface area contributed by atoms with E-state index in [0.717, 1.165) is 17.1 Å². The fourth-order valence-corrected chi connectivity index (χ4v) is 1.55. The summed E-state index contributed by atoms with van der Waals surface area (Å²) < 4.78 is 1.80. The highest BCUT2D eigenvalue weighted by Crippen LogP contribution is 2.18. The number of rotatable bonds is 3. The minimum Gasteiger partial charge on any atom is -0.390 e. The highest BCUT2D eigenvalue weighted by Gasteiger charge is 2.11. The van der Waals surface area contributed by atoms with Crippen LogP contribution in [-0.4, -0.2) is 24.9 Å². The van der Waals surface area contributed by atoms with Gasteiger partial charge in [0.25, 0.3) is 0 Å². The van der Waals surface area contributed by atoms with Gasteiger partial charge in [0.2, 0.25) is 0 Å². The predicted octanol–water partition coefficient (Wildman–Crippen LogP) is 1.41. The molecule has 0 saturated heterocycles. The van der Waals surface area contributed by atoms with E-state index < -0.39 is 0 Å². The Morgan fingerprint density at radius 1 is 1.31 bits per heavy atom. The van der Waals surface area contributed by atoms with E-state index in [1.54, 1.807) is 23.3 Å². The standard InChI is InChI=1S/C11H14N4O/c1-8(2)15-9(7-16)5-10(14-15)11-6-12-3-4-13-11/h3-6,8,16H,7H2,1-2H3. The van der Waals surface area contributed by atoms with Crippen LogP contribution in [0.3, 0.4) is 0 Å². The summed E-state index contributed by atoms with van der Waals surface area (Å²) in [5, 5.41) is 13.6. The molecule has 5 heteroatoms. The summed E-state index contributed by atoms with van der Waals surface area (Å²) in [6.45, 7) is 4.02. The van der Waals surface area contributed by atoms with Crippen molar-refractivity contribution in [3.05, 3.63) is 30.4 Å². The maximum absolute atomic E-state index is 9.23. The summed E-state index contributed by atoms with van der Waals surface area (Å²) in [5.41, 5.74) is 2.25. The van der Waals surface area contributed by atoms with Crippen LogP contribution < -0.4 is 0 Å². The molecule has 2 aromatic heterocycles. The Labute approximate surface area is 93.8 Å². The Bertz CT molecular complexity index is 464. The molecule has 0 bridgehead atoms. The number of aromatic nitrogens is 4. The summed E-state index contributed by atoms with van der Waals surface area (Å²) in [7, 11) is 0. The molecule has 1 N–H and O–H groups in total. The normalized spacial score (nSPS) is 11.0. The van der Waals surface area contributed by atoms with E-state index in [1.165, 1.54) is 0 Å². The summed E-state index contributed by atoms with van der Waals surface area (Å²) >= 11 is 0. The van der Waals surface area contributed by atoms with Crippen LogP contribution in [0, 0.1) is 0 Å². The molecule has 0 unspecified atom stereocenters. The molecule has 84 valence electrons. The lowest BCUT2D eigenvalue weighted by atomic mass is 10.3. The van der Waals surface area contributed by atoms with E-state index in [2.05, 4.69) is 15.1 Å². The lowest BCUT2D eigenvalue weighted by molar-refractivity contribution is 0.264. The summed E-state index contributed by atoms with van der Waals surface area (Å²) in [5.74, 6) is 0. The van der Waals surface area contributed by atoms with Crippen molar-refractivity contribution < 1.29 is 5.11 Å². The van der Waals surface area contributed by atoms with Crippen molar-refractivity contribution in [2.75, 3.05) is 0 Å². The smallest absolute Gasteiger partial charge is 0.113 e. The van der Waals surface area contributed by atoms with E-state index in [4.69, 9.17) is 0 Å². The number of nitrogens with zero attached hydrogens (tertiary/aromatic N) is 4. The molecular weight excluding hydrogens is 204 g/mol. The van der Waals surface area contributed by atoms with Crippen molar-refractivity contribution in [1.29, 1.82) is 0 Å². The molecule has 0 aliphatic carbocycles. The molecule has 2 heterocycles. The van der Waals surface area contributed by atoms with Gasteiger partial charge in [-0.15, -0.1) is 0 Å². The fourth-order valence-electron chi connectivity index (χ4n) is 1.55. The molecule has 2 aromatic rings. The Hall–Kier alpha value is -1.75. The average molecular weight is 218 g/mol. The first-order valence-corrected chi connectivity index (χ1v) is 5.18. The third-order valence-electron chi connectivity index (χ3n) is 2.29. The van der Waals surface area contributed by atoms with Gasteiger partial charge in [0.15, 0.2) is 0 Å². The lowest BCUT2D eigenvalue weighted by Crippen LogP contribution is -2.07. The molecule has 0 aromatic carbocycles. The van der Waals surface area contributed by atoms with Gasteiger partial charge in [-0.2, -0.15) is 5.10 Å². The second-order valence-electron chi connectivity index (χ2n) is 3.81. The SMILES string of the molecule is CC(C)n1nc(-c2cnccn2)cc1CO. The van der Waals surface area contributed by atoms with Gasteiger partial charge in [0.1, 0.15) is 11.4 Å². The maximum Gasteiger partial charge on any atom is 0.113 e. The van der Waals surface area contributed by atoms with E-state index in [-0.39, 0.29) is 12.6 Å². The highest BCUT2D eigenvalue weighted by molar-refractivity contribution is 5.52. The van der Waals surface area contributed by atoms with Crippen LogP contribution in [-0.2, 0) is 6.61 Å². The van der Waals surface area contributed by atoms with Crippen molar-refractivity contribution in [3.63, 3.8) is 0 Å². The Kier molecular flexibility index (Phi) is 2.96.